The van der Waals surface area contributed by atoms with Gasteiger partial charge in [0, 0.05) is 19.6 Å². The van der Waals surface area contributed by atoms with Crippen molar-refractivity contribution < 1.29 is 8.42 Å². The van der Waals surface area contributed by atoms with Crippen LogP contribution < -0.4 is 10.0 Å². The summed E-state index contributed by atoms with van der Waals surface area (Å²) in [6.07, 6.45) is 2.23. The van der Waals surface area contributed by atoms with Gasteiger partial charge < -0.3 is 10.2 Å². The van der Waals surface area contributed by atoms with E-state index in [0.29, 0.717) is 12.5 Å². The van der Waals surface area contributed by atoms with Crippen molar-refractivity contribution in [2.24, 2.45) is 10.9 Å². The summed E-state index contributed by atoms with van der Waals surface area (Å²) in [6.45, 7) is 5.27. The molecule has 2 aromatic rings. The molecule has 2 aromatic carbocycles. The maximum absolute atomic E-state index is 12.0. The van der Waals surface area contributed by atoms with Gasteiger partial charge in [-0.3, -0.25) is 0 Å². The minimum absolute atomic E-state index is 0. The molecule has 8 heteroatoms. The largest absolute Gasteiger partial charge is 0.357 e. The molecule has 6 nitrogen and oxygen atoms in total. The van der Waals surface area contributed by atoms with Crippen LogP contribution in [0.15, 0.2) is 64.5 Å². The van der Waals surface area contributed by atoms with Gasteiger partial charge >= 0.3 is 0 Å². The smallest absolute Gasteiger partial charge is 0.240 e. The van der Waals surface area contributed by atoms with E-state index in [1.165, 1.54) is 12.6 Å². The maximum atomic E-state index is 12.0. The van der Waals surface area contributed by atoms with E-state index in [4.69, 9.17) is 4.99 Å². The van der Waals surface area contributed by atoms with Crippen molar-refractivity contribution in [2.45, 2.75) is 31.2 Å². The van der Waals surface area contributed by atoms with Crippen molar-refractivity contribution in [3.63, 3.8) is 0 Å². The molecule has 0 bridgehead atoms. The zero-order chi connectivity index (χ0) is 20.7. The molecule has 0 spiro atoms. The van der Waals surface area contributed by atoms with Gasteiger partial charge in [-0.2, -0.15) is 0 Å². The average Bonchev–Trinajstić information content (AvgIpc) is 3.20. The molecular formula is C22H31IN4O2S. The standard InChI is InChI=1S/C22H30N4O2S.HI/c1-3-24-22(25-16-19-10-7-11-21(15-19)29(27,28)23-2)26-13-12-20(17-26)14-18-8-5-4-6-9-18;/h4-11,15,20,23H,3,12-14,16-17H2,1-2H3,(H,24,25);1H. The molecule has 164 valence electrons. The molecule has 0 saturated carbocycles. The van der Waals surface area contributed by atoms with Crippen LogP contribution in [0, 0.1) is 5.92 Å². The Hall–Kier alpha value is -1.65. The minimum atomic E-state index is -3.45. The average molecular weight is 542 g/mol. The van der Waals surface area contributed by atoms with Crippen molar-refractivity contribution >= 4 is 40.0 Å². The molecule has 1 saturated heterocycles. The zero-order valence-corrected chi connectivity index (χ0v) is 20.7. The molecule has 0 aromatic heterocycles. The van der Waals surface area contributed by atoms with Crippen LogP contribution in [0.4, 0.5) is 0 Å². The van der Waals surface area contributed by atoms with Crippen LogP contribution in [0.25, 0.3) is 0 Å². The zero-order valence-electron chi connectivity index (χ0n) is 17.5. The molecule has 30 heavy (non-hydrogen) atoms. The number of aliphatic imine (C=N–C) groups is 1. The predicted octanol–water partition coefficient (Wildman–Crippen LogP) is 3.24. The van der Waals surface area contributed by atoms with E-state index in [1.807, 2.05) is 6.07 Å². The lowest BCUT2D eigenvalue weighted by Gasteiger charge is -2.22. The number of nitrogens with zero attached hydrogens (tertiary/aromatic N) is 2. The van der Waals surface area contributed by atoms with Crippen molar-refractivity contribution in [2.75, 3.05) is 26.7 Å². The Bertz CT molecular complexity index is 935. The van der Waals surface area contributed by atoms with Gasteiger partial charge in [0.1, 0.15) is 0 Å². The van der Waals surface area contributed by atoms with Crippen LogP contribution in [-0.2, 0) is 23.0 Å². The number of sulfonamides is 1. The lowest BCUT2D eigenvalue weighted by Crippen LogP contribution is -2.40. The van der Waals surface area contributed by atoms with E-state index in [2.05, 4.69) is 52.2 Å². The number of guanidine groups is 1. The van der Waals surface area contributed by atoms with E-state index in [9.17, 15) is 8.42 Å². The molecule has 2 N–H and O–H groups in total. The summed E-state index contributed by atoms with van der Waals surface area (Å²) >= 11 is 0. The summed E-state index contributed by atoms with van der Waals surface area (Å²) in [4.78, 5) is 7.35. The predicted molar refractivity (Wildman–Crippen MR) is 133 cm³/mol. The Labute approximate surface area is 197 Å². The number of halogens is 1. The molecule has 1 atom stereocenters. The van der Waals surface area contributed by atoms with E-state index in [0.717, 1.165) is 44.0 Å². The van der Waals surface area contributed by atoms with Gasteiger partial charge in [-0.1, -0.05) is 42.5 Å². The highest BCUT2D eigenvalue weighted by Crippen LogP contribution is 2.21. The van der Waals surface area contributed by atoms with Crippen molar-refractivity contribution in [1.82, 2.24) is 14.9 Å². The first-order chi connectivity index (χ1) is 14.0. The molecule has 1 aliphatic heterocycles. The van der Waals surface area contributed by atoms with E-state index in [1.54, 1.807) is 18.2 Å². The van der Waals surface area contributed by atoms with Crippen LogP contribution >= 0.6 is 24.0 Å². The van der Waals surface area contributed by atoms with Crippen molar-refractivity contribution in [3.8, 4) is 0 Å². The fourth-order valence-corrected chi connectivity index (χ4v) is 4.46. The van der Waals surface area contributed by atoms with Crippen LogP contribution in [0.3, 0.4) is 0 Å². The fourth-order valence-electron chi connectivity index (χ4n) is 3.66. The summed E-state index contributed by atoms with van der Waals surface area (Å²) in [5.74, 6) is 1.51. The molecule has 3 rings (SSSR count). The third-order valence-electron chi connectivity index (χ3n) is 5.18. The Morgan fingerprint density at radius 3 is 2.57 bits per heavy atom. The molecule has 0 amide bonds. The maximum Gasteiger partial charge on any atom is 0.240 e. The summed E-state index contributed by atoms with van der Waals surface area (Å²) in [7, 11) is -2.03. The first-order valence-electron chi connectivity index (χ1n) is 10.1. The molecule has 0 radical (unpaired) electrons. The second-order valence-electron chi connectivity index (χ2n) is 7.32. The van der Waals surface area contributed by atoms with Gasteiger partial charge in [0.25, 0.3) is 0 Å². The second-order valence-corrected chi connectivity index (χ2v) is 9.20. The first kappa shape index (κ1) is 24.6. The highest BCUT2D eigenvalue weighted by Gasteiger charge is 2.25. The van der Waals surface area contributed by atoms with E-state index < -0.39 is 10.0 Å². The van der Waals surface area contributed by atoms with Crippen molar-refractivity contribution in [3.05, 3.63) is 65.7 Å². The molecule has 1 aliphatic rings. The second kappa shape index (κ2) is 11.7. The Kier molecular flexibility index (Phi) is 9.57. The highest BCUT2D eigenvalue weighted by atomic mass is 127. The SMILES string of the molecule is CCNC(=NCc1cccc(S(=O)(=O)NC)c1)N1CCC(Cc2ccccc2)C1.I. The lowest BCUT2D eigenvalue weighted by atomic mass is 9.99. The third-order valence-corrected chi connectivity index (χ3v) is 6.59. The Morgan fingerprint density at radius 1 is 1.13 bits per heavy atom. The van der Waals surface area contributed by atoms with Crippen LogP contribution in [0.1, 0.15) is 24.5 Å². The molecular weight excluding hydrogens is 511 g/mol. The summed E-state index contributed by atoms with van der Waals surface area (Å²) in [5.41, 5.74) is 2.25. The van der Waals surface area contributed by atoms with Gasteiger partial charge in [-0.15, -0.1) is 24.0 Å². The Balaban J connectivity index is 0.00000320. The van der Waals surface area contributed by atoms with Gasteiger partial charge in [0.2, 0.25) is 10.0 Å². The summed E-state index contributed by atoms with van der Waals surface area (Å²) in [6, 6.07) is 17.6. The highest BCUT2D eigenvalue weighted by molar-refractivity contribution is 14.0. The normalized spacial score (nSPS) is 16.9. The number of benzene rings is 2. The number of hydrogen-bond donors (Lipinski definition) is 2. The summed E-state index contributed by atoms with van der Waals surface area (Å²) in [5, 5.41) is 3.38. The number of hydrogen-bond acceptors (Lipinski definition) is 3. The minimum Gasteiger partial charge on any atom is -0.357 e. The molecule has 1 heterocycles. The third kappa shape index (κ3) is 6.68. The van der Waals surface area contributed by atoms with Gasteiger partial charge in [0.15, 0.2) is 5.96 Å². The molecule has 1 fully saturated rings. The van der Waals surface area contributed by atoms with Gasteiger partial charge in [0.05, 0.1) is 11.4 Å². The summed E-state index contributed by atoms with van der Waals surface area (Å²) < 4.78 is 26.4. The monoisotopic (exact) mass is 542 g/mol. The first-order valence-corrected chi connectivity index (χ1v) is 11.6. The van der Waals surface area contributed by atoms with Crippen molar-refractivity contribution in [1.29, 1.82) is 0 Å². The lowest BCUT2D eigenvalue weighted by molar-refractivity contribution is 0.460. The van der Waals surface area contributed by atoms with E-state index >= 15 is 0 Å². The number of likely N-dealkylation sites (tertiary alicyclic amines) is 1. The van der Waals surface area contributed by atoms with E-state index in [-0.39, 0.29) is 28.9 Å². The van der Waals surface area contributed by atoms with Gasteiger partial charge in [-0.25, -0.2) is 18.1 Å². The number of nitrogens with one attached hydrogen (secondary N) is 2. The van der Waals surface area contributed by atoms with Crippen LogP contribution in [-0.4, -0.2) is 46.0 Å². The number of rotatable bonds is 7. The van der Waals surface area contributed by atoms with Crippen LogP contribution in [0.5, 0.6) is 0 Å². The Morgan fingerprint density at radius 2 is 1.87 bits per heavy atom. The quantitative estimate of drug-likeness (QED) is 0.320. The molecule has 0 aliphatic carbocycles. The fraction of sp³-hybridized carbons (Fsp3) is 0.409. The topological polar surface area (TPSA) is 73.8 Å². The molecule has 1 unspecified atom stereocenters. The van der Waals surface area contributed by atoms with Crippen LogP contribution in [0.2, 0.25) is 0 Å². The van der Waals surface area contributed by atoms with Gasteiger partial charge in [-0.05, 0) is 56.0 Å².